The third-order valence-corrected chi connectivity index (χ3v) is 8.37. The van der Waals surface area contributed by atoms with Crippen LogP contribution in [0.1, 0.15) is 36.0 Å². The van der Waals surface area contributed by atoms with Crippen LogP contribution < -0.4 is 10.2 Å². The average Bonchev–Trinajstić information content (AvgIpc) is 3.59. The monoisotopic (exact) mass is 526 g/mol. The third kappa shape index (κ3) is 4.85. The summed E-state index contributed by atoms with van der Waals surface area (Å²) < 4.78 is 5.61. The molecule has 0 bridgehead atoms. The Morgan fingerprint density at radius 1 is 0.949 bits per heavy atom. The number of hydrogen-bond acceptors (Lipinski definition) is 5. The van der Waals surface area contributed by atoms with E-state index in [1.807, 2.05) is 77.7 Å². The quantitative estimate of drug-likeness (QED) is 0.532. The highest BCUT2D eigenvalue weighted by atomic mass is 16.5. The lowest BCUT2D eigenvalue weighted by molar-refractivity contribution is -0.137. The van der Waals surface area contributed by atoms with Crippen molar-refractivity contribution in [2.45, 2.75) is 37.3 Å². The van der Waals surface area contributed by atoms with Crippen LogP contribution in [-0.4, -0.2) is 78.6 Å². The molecule has 8 nitrogen and oxygen atoms in total. The maximum absolute atomic E-state index is 14.0. The van der Waals surface area contributed by atoms with E-state index in [0.29, 0.717) is 44.7 Å². The van der Waals surface area contributed by atoms with Gasteiger partial charge in [-0.25, -0.2) is 0 Å². The lowest BCUT2D eigenvalue weighted by Crippen LogP contribution is -2.57. The van der Waals surface area contributed by atoms with Gasteiger partial charge in [0, 0.05) is 37.5 Å². The number of anilines is 1. The molecule has 3 aliphatic heterocycles. The largest absolute Gasteiger partial charge is 0.376 e. The van der Waals surface area contributed by atoms with Crippen LogP contribution in [0.3, 0.4) is 0 Å². The number of benzene rings is 3. The van der Waals surface area contributed by atoms with Crippen molar-refractivity contribution in [3.8, 4) is 0 Å². The fourth-order valence-corrected chi connectivity index (χ4v) is 6.25. The molecule has 0 aliphatic carbocycles. The SMILES string of the molecule is O=C(CN1CN(c2ccccc2)C2(CCN(C(=O)c3cccc4ccccc34)CC2)C1=O)NCC1CCCO1. The molecule has 39 heavy (non-hydrogen) atoms. The smallest absolute Gasteiger partial charge is 0.254 e. The van der Waals surface area contributed by atoms with Gasteiger partial charge in [0.15, 0.2) is 0 Å². The Hall–Kier alpha value is -3.91. The van der Waals surface area contributed by atoms with Crippen LogP contribution in [0.25, 0.3) is 10.8 Å². The molecule has 3 saturated heterocycles. The zero-order valence-electron chi connectivity index (χ0n) is 22.1. The van der Waals surface area contributed by atoms with Crippen molar-refractivity contribution in [2.75, 3.05) is 44.4 Å². The Bertz CT molecular complexity index is 1360. The van der Waals surface area contributed by atoms with Crippen molar-refractivity contribution in [1.29, 1.82) is 0 Å². The summed E-state index contributed by atoms with van der Waals surface area (Å²) in [5, 5.41) is 4.92. The Balaban J connectivity index is 1.19. The molecule has 0 saturated carbocycles. The first-order valence-electron chi connectivity index (χ1n) is 13.8. The molecule has 3 heterocycles. The Morgan fingerprint density at radius 2 is 1.69 bits per heavy atom. The van der Waals surface area contributed by atoms with Crippen LogP contribution in [-0.2, 0) is 14.3 Å². The number of fused-ring (bicyclic) bond motifs is 1. The number of para-hydroxylation sites is 1. The molecule has 1 N–H and O–H groups in total. The van der Waals surface area contributed by atoms with Gasteiger partial charge in [-0.15, -0.1) is 0 Å². The number of nitrogens with one attached hydrogen (secondary N) is 1. The molecule has 1 spiro atoms. The number of likely N-dealkylation sites (tertiary alicyclic amines) is 1. The highest BCUT2D eigenvalue weighted by Crippen LogP contribution is 2.40. The second-order valence-corrected chi connectivity index (χ2v) is 10.7. The number of piperidine rings is 1. The van der Waals surface area contributed by atoms with E-state index >= 15 is 0 Å². The summed E-state index contributed by atoms with van der Waals surface area (Å²) in [7, 11) is 0. The van der Waals surface area contributed by atoms with Gasteiger partial charge in [-0.3, -0.25) is 14.4 Å². The van der Waals surface area contributed by atoms with Gasteiger partial charge >= 0.3 is 0 Å². The van der Waals surface area contributed by atoms with Crippen molar-refractivity contribution in [3.63, 3.8) is 0 Å². The first-order valence-corrected chi connectivity index (χ1v) is 13.8. The fraction of sp³-hybridized carbons (Fsp3) is 0.387. The molecule has 8 heteroatoms. The number of hydrogen-bond donors (Lipinski definition) is 1. The molecule has 1 unspecified atom stereocenters. The number of carbonyl (C=O) groups excluding carboxylic acids is 3. The minimum atomic E-state index is -0.786. The van der Waals surface area contributed by atoms with E-state index < -0.39 is 5.54 Å². The second kappa shape index (κ2) is 10.7. The molecule has 3 amide bonds. The van der Waals surface area contributed by atoms with Crippen molar-refractivity contribution >= 4 is 34.2 Å². The van der Waals surface area contributed by atoms with Crippen LogP contribution >= 0.6 is 0 Å². The van der Waals surface area contributed by atoms with Gasteiger partial charge in [-0.2, -0.15) is 0 Å². The van der Waals surface area contributed by atoms with Gasteiger partial charge in [-0.1, -0.05) is 54.6 Å². The predicted molar refractivity (Wildman–Crippen MR) is 149 cm³/mol. The minimum absolute atomic E-state index is 0.00921. The van der Waals surface area contributed by atoms with E-state index in [-0.39, 0.29) is 30.4 Å². The van der Waals surface area contributed by atoms with Crippen LogP contribution in [0.15, 0.2) is 72.8 Å². The topological polar surface area (TPSA) is 82.2 Å². The number of nitrogens with zero attached hydrogens (tertiary/aromatic N) is 3. The van der Waals surface area contributed by atoms with Gasteiger partial charge in [-0.05, 0) is 54.7 Å². The summed E-state index contributed by atoms with van der Waals surface area (Å²) in [6.45, 7) is 2.49. The summed E-state index contributed by atoms with van der Waals surface area (Å²) in [6, 6.07) is 23.6. The first kappa shape index (κ1) is 25.4. The molecule has 6 rings (SSSR count). The van der Waals surface area contributed by atoms with E-state index in [1.54, 1.807) is 4.90 Å². The normalized spacial score (nSPS) is 20.7. The minimum Gasteiger partial charge on any atom is -0.376 e. The zero-order valence-corrected chi connectivity index (χ0v) is 22.1. The molecule has 0 aromatic heterocycles. The summed E-state index contributed by atoms with van der Waals surface area (Å²) in [6.07, 6.45) is 3.02. The van der Waals surface area contributed by atoms with Crippen molar-refractivity contribution in [2.24, 2.45) is 0 Å². The molecule has 3 aromatic rings. The van der Waals surface area contributed by atoms with E-state index in [9.17, 15) is 14.4 Å². The maximum atomic E-state index is 14.0. The first-order chi connectivity index (χ1) is 19.0. The second-order valence-electron chi connectivity index (χ2n) is 10.7. The standard InChI is InChI=1S/C31H34N4O4/c36-28(32-20-25-12-7-19-39-25)21-34-22-35(24-10-2-1-3-11-24)31(30(34)38)15-17-33(18-16-31)29(37)27-14-6-9-23-8-4-5-13-26(23)27/h1-6,8-11,13-14,25H,7,12,15-22H2,(H,32,36). The molecule has 3 aromatic carbocycles. The van der Waals surface area contributed by atoms with Crippen LogP contribution in [0.5, 0.6) is 0 Å². The van der Waals surface area contributed by atoms with Crippen molar-refractivity contribution in [1.82, 2.24) is 15.1 Å². The molecular weight excluding hydrogens is 492 g/mol. The zero-order chi connectivity index (χ0) is 26.8. The number of rotatable bonds is 6. The van der Waals surface area contributed by atoms with Crippen LogP contribution in [0.4, 0.5) is 5.69 Å². The van der Waals surface area contributed by atoms with E-state index in [2.05, 4.69) is 10.2 Å². The number of carbonyl (C=O) groups is 3. The molecule has 3 aliphatic rings. The van der Waals surface area contributed by atoms with Crippen molar-refractivity contribution < 1.29 is 19.1 Å². The summed E-state index contributed by atoms with van der Waals surface area (Å²) in [4.78, 5) is 46.0. The lowest BCUT2D eigenvalue weighted by Gasteiger charge is -2.43. The third-order valence-electron chi connectivity index (χ3n) is 8.37. The van der Waals surface area contributed by atoms with Gasteiger partial charge in [0.1, 0.15) is 12.1 Å². The molecule has 202 valence electrons. The van der Waals surface area contributed by atoms with E-state index in [4.69, 9.17) is 4.74 Å². The van der Waals surface area contributed by atoms with Gasteiger partial charge in [0.05, 0.1) is 12.8 Å². The van der Waals surface area contributed by atoms with Crippen molar-refractivity contribution in [3.05, 3.63) is 78.4 Å². The molecular formula is C31H34N4O4. The predicted octanol–water partition coefficient (Wildman–Crippen LogP) is 3.42. The molecule has 3 fully saturated rings. The van der Waals surface area contributed by atoms with E-state index in [1.165, 1.54) is 0 Å². The summed E-state index contributed by atoms with van der Waals surface area (Å²) >= 11 is 0. The van der Waals surface area contributed by atoms with Crippen LogP contribution in [0.2, 0.25) is 0 Å². The molecule has 0 radical (unpaired) electrons. The number of ether oxygens (including phenoxy) is 1. The highest BCUT2D eigenvalue weighted by Gasteiger charge is 2.54. The van der Waals surface area contributed by atoms with Gasteiger partial charge < -0.3 is 24.8 Å². The van der Waals surface area contributed by atoms with E-state index in [0.717, 1.165) is 35.9 Å². The highest BCUT2D eigenvalue weighted by molar-refractivity contribution is 6.07. The fourth-order valence-electron chi connectivity index (χ4n) is 6.25. The molecule has 1 atom stereocenters. The average molecular weight is 527 g/mol. The summed E-state index contributed by atoms with van der Waals surface area (Å²) in [5.74, 6) is -0.230. The van der Waals surface area contributed by atoms with Gasteiger partial charge in [0.2, 0.25) is 5.91 Å². The van der Waals surface area contributed by atoms with Gasteiger partial charge in [0.25, 0.3) is 11.8 Å². The lowest BCUT2D eigenvalue weighted by atomic mass is 9.85. The maximum Gasteiger partial charge on any atom is 0.254 e. The Labute approximate surface area is 228 Å². The Kier molecular flexibility index (Phi) is 6.95. The van der Waals surface area contributed by atoms with Crippen LogP contribution in [0, 0.1) is 0 Å². The Morgan fingerprint density at radius 3 is 2.46 bits per heavy atom. The summed E-state index contributed by atoms with van der Waals surface area (Å²) in [5.41, 5.74) is 0.847. The number of amides is 3.